The zero-order valence-electron chi connectivity index (χ0n) is 19.7. The molecule has 0 aliphatic carbocycles. The highest BCUT2D eigenvalue weighted by molar-refractivity contribution is 5.89. The van der Waals surface area contributed by atoms with Gasteiger partial charge in [-0.1, -0.05) is 24.3 Å². The Kier molecular flexibility index (Phi) is 6.23. The first-order chi connectivity index (χ1) is 16.0. The number of benzene rings is 1. The van der Waals surface area contributed by atoms with Crippen LogP contribution in [-0.4, -0.2) is 56.3 Å². The number of piperidine rings is 3. The van der Waals surface area contributed by atoms with E-state index in [0.29, 0.717) is 18.9 Å². The quantitative estimate of drug-likeness (QED) is 0.736. The van der Waals surface area contributed by atoms with E-state index in [2.05, 4.69) is 53.3 Å². The van der Waals surface area contributed by atoms with E-state index in [1.54, 1.807) is 6.20 Å². The van der Waals surface area contributed by atoms with Crippen LogP contribution in [0.15, 0.2) is 36.7 Å². The minimum Gasteiger partial charge on any atom is -0.347 e. The number of rotatable bonds is 6. The van der Waals surface area contributed by atoms with Crippen LogP contribution >= 0.6 is 0 Å². The van der Waals surface area contributed by atoms with Gasteiger partial charge >= 0.3 is 0 Å². The number of carbonyl (C=O) groups is 2. The predicted octanol–water partition coefficient (Wildman–Crippen LogP) is 2.73. The lowest BCUT2D eigenvalue weighted by molar-refractivity contribution is -0.160. The summed E-state index contributed by atoms with van der Waals surface area (Å²) >= 11 is 0. The van der Waals surface area contributed by atoms with Crippen molar-refractivity contribution in [3.63, 3.8) is 0 Å². The van der Waals surface area contributed by atoms with Gasteiger partial charge in [0.05, 0.1) is 6.54 Å². The van der Waals surface area contributed by atoms with E-state index in [0.717, 1.165) is 51.3 Å². The van der Waals surface area contributed by atoms with Crippen molar-refractivity contribution in [3.8, 4) is 0 Å². The van der Waals surface area contributed by atoms with Crippen LogP contribution in [0.3, 0.4) is 0 Å². The highest BCUT2D eigenvalue weighted by atomic mass is 16.2. The molecule has 4 atom stereocenters. The number of nitrogens with zero attached hydrogens (tertiary/aromatic N) is 4. The van der Waals surface area contributed by atoms with Crippen LogP contribution in [0, 0.1) is 18.8 Å². The van der Waals surface area contributed by atoms with Crippen molar-refractivity contribution in [2.45, 2.75) is 71.2 Å². The van der Waals surface area contributed by atoms with Gasteiger partial charge in [-0.05, 0) is 50.2 Å². The maximum absolute atomic E-state index is 13.6. The molecule has 2 bridgehead atoms. The number of hydrogen-bond donors (Lipinski definition) is 1. The second-order valence-corrected chi connectivity index (χ2v) is 9.93. The van der Waals surface area contributed by atoms with Crippen LogP contribution in [0.1, 0.15) is 49.6 Å². The van der Waals surface area contributed by atoms with Crippen molar-refractivity contribution >= 4 is 11.8 Å². The standard InChI is InChI=1S/C26H35N5O2/c1-3-30-12-11-27-23(30)14-28-26(33)25-21-13-20(22-9-6-10-24(32)31(22)25)16-29(17-21)15-19-8-5-4-7-18(19)2/h4-5,7-8,11-12,20-22,25H,3,6,9-10,13-17H2,1-2H3,(H,28,33)/t20-,21+,22-,25+/m0/s1. The number of likely N-dealkylation sites (tertiary alicyclic amines) is 1. The lowest BCUT2D eigenvalue weighted by atomic mass is 9.71. The summed E-state index contributed by atoms with van der Waals surface area (Å²) in [5, 5.41) is 3.13. The molecule has 3 saturated heterocycles. The van der Waals surface area contributed by atoms with Gasteiger partial charge < -0.3 is 14.8 Å². The highest BCUT2D eigenvalue weighted by Crippen LogP contribution is 2.42. The van der Waals surface area contributed by atoms with E-state index in [9.17, 15) is 9.59 Å². The average molecular weight is 450 g/mol. The molecule has 5 rings (SSSR count). The van der Waals surface area contributed by atoms with E-state index >= 15 is 0 Å². The lowest BCUT2D eigenvalue weighted by Gasteiger charge is -2.56. The van der Waals surface area contributed by atoms with Gasteiger partial charge in [0.2, 0.25) is 11.8 Å². The van der Waals surface area contributed by atoms with Gasteiger partial charge in [0.25, 0.3) is 0 Å². The fourth-order valence-electron chi connectivity index (χ4n) is 6.31. The normalized spacial score (nSPS) is 27.3. The number of amides is 2. The molecular weight excluding hydrogens is 414 g/mol. The average Bonchev–Trinajstić information content (AvgIpc) is 3.27. The molecule has 0 radical (unpaired) electrons. The Hall–Kier alpha value is -2.67. The van der Waals surface area contributed by atoms with Crippen molar-refractivity contribution in [1.82, 2.24) is 24.7 Å². The molecule has 4 heterocycles. The lowest BCUT2D eigenvalue weighted by Crippen LogP contribution is -2.68. The molecule has 1 N–H and O–H groups in total. The number of hydrogen-bond acceptors (Lipinski definition) is 4. The van der Waals surface area contributed by atoms with Gasteiger partial charge in [-0.25, -0.2) is 4.98 Å². The molecule has 3 aliphatic rings. The number of aryl methyl sites for hydroxylation is 2. The van der Waals surface area contributed by atoms with Crippen LogP contribution < -0.4 is 5.32 Å². The Morgan fingerprint density at radius 1 is 1.21 bits per heavy atom. The minimum atomic E-state index is -0.385. The summed E-state index contributed by atoms with van der Waals surface area (Å²) in [7, 11) is 0. The maximum atomic E-state index is 13.6. The van der Waals surface area contributed by atoms with Crippen LogP contribution in [0.4, 0.5) is 0 Å². The topological polar surface area (TPSA) is 70.5 Å². The Bertz CT molecular complexity index is 1020. The number of imidazole rings is 1. The molecule has 176 valence electrons. The molecule has 7 heteroatoms. The van der Waals surface area contributed by atoms with Gasteiger partial charge in [-0.3, -0.25) is 14.5 Å². The third-order valence-electron chi connectivity index (χ3n) is 7.90. The van der Waals surface area contributed by atoms with Crippen molar-refractivity contribution in [2.75, 3.05) is 13.1 Å². The largest absolute Gasteiger partial charge is 0.347 e. The first kappa shape index (κ1) is 22.1. The molecule has 3 fully saturated rings. The minimum absolute atomic E-state index is 0.0258. The first-order valence-electron chi connectivity index (χ1n) is 12.4. The Morgan fingerprint density at radius 3 is 2.85 bits per heavy atom. The summed E-state index contributed by atoms with van der Waals surface area (Å²) in [6.07, 6.45) is 7.23. The summed E-state index contributed by atoms with van der Waals surface area (Å²) in [5.74, 6) is 1.59. The molecule has 7 nitrogen and oxygen atoms in total. The summed E-state index contributed by atoms with van der Waals surface area (Å²) < 4.78 is 2.04. The van der Waals surface area contributed by atoms with Gasteiger partial charge in [-0.2, -0.15) is 0 Å². The number of carbonyl (C=O) groups excluding carboxylic acids is 2. The third-order valence-corrected chi connectivity index (χ3v) is 7.90. The van der Waals surface area contributed by atoms with Crippen molar-refractivity contribution < 1.29 is 9.59 Å². The molecular formula is C26H35N5O2. The fourth-order valence-corrected chi connectivity index (χ4v) is 6.31. The smallest absolute Gasteiger partial charge is 0.243 e. The molecule has 2 aromatic rings. The van der Waals surface area contributed by atoms with Crippen molar-refractivity contribution in [2.24, 2.45) is 11.8 Å². The molecule has 3 aliphatic heterocycles. The van der Waals surface area contributed by atoms with Crippen LogP contribution in [-0.2, 0) is 29.2 Å². The molecule has 1 aromatic carbocycles. The Labute approximate surface area is 196 Å². The summed E-state index contributed by atoms with van der Waals surface area (Å²) in [4.78, 5) is 35.5. The first-order valence-corrected chi connectivity index (χ1v) is 12.4. The van der Waals surface area contributed by atoms with Crippen molar-refractivity contribution in [1.29, 1.82) is 0 Å². The van der Waals surface area contributed by atoms with Crippen LogP contribution in [0.25, 0.3) is 0 Å². The van der Waals surface area contributed by atoms with Crippen LogP contribution in [0.2, 0.25) is 0 Å². The zero-order valence-corrected chi connectivity index (χ0v) is 19.7. The number of aromatic nitrogens is 2. The Morgan fingerprint density at radius 2 is 2.03 bits per heavy atom. The maximum Gasteiger partial charge on any atom is 0.243 e. The van der Waals surface area contributed by atoms with E-state index < -0.39 is 0 Å². The van der Waals surface area contributed by atoms with Gasteiger partial charge in [-0.15, -0.1) is 0 Å². The summed E-state index contributed by atoms with van der Waals surface area (Å²) in [6.45, 7) is 8.20. The number of fused-ring (bicyclic) bond motifs is 4. The Balaban J connectivity index is 1.36. The van der Waals surface area contributed by atoms with Gasteiger partial charge in [0.15, 0.2) is 0 Å². The van der Waals surface area contributed by atoms with Gasteiger partial charge in [0.1, 0.15) is 11.9 Å². The van der Waals surface area contributed by atoms with E-state index in [1.807, 2.05) is 15.7 Å². The number of nitrogens with one attached hydrogen (secondary N) is 1. The SMILES string of the molecule is CCn1ccnc1CNC(=O)[C@H]1[C@@H]2C[C@@H](CN(Cc3ccccc3C)C2)[C@@H]2CCCC(=O)N21. The fraction of sp³-hybridized carbons (Fsp3) is 0.577. The summed E-state index contributed by atoms with van der Waals surface area (Å²) in [5.41, 5.74) is 2.66. The molecule has 0 unspecified atom stereocenters. The molecule has 0 saturated carbocycles. The van der Waals surface area contributed by atoms with E-state index in [1.165, 1.54) is 11.1 Å². The zero-order chi connectivity index (χ0) is 22.9. The monoisotopic (exact) mass is 449 g/mol. The van der Waals surface area contributed by atoms with E-state index in [-0.39, 0.29) is 29.8 Å². The van der Waals surface area contributed by atoms with Crippen molar-refractivity contribution in [3.05, 3.63) is 53.6 Å². The second-order valence-electron chi connectivity index (χ2n) is 9.93. The van der Waals surface area contributed by atoms with E-state index in [4.69, 9.17) is 0 Å². The van der Waals surface area contributed by atoms with Gasteiger partial charge in [0, 0.05) is 57.0 Å². The second kappa shape index (κ2) is 9.29. The summed E-state index contributed by atoms with van der Waals surface area (Å²) in [6, 6.07) is 8.35. The molecule has 33 heavy (non-hydrogen) atoms. The van der Waals surface area contributed by atoms with Crippen LogP contribution in [0.5, 0.6) is 0 Å². The molecule has 0 spiro atoms. The molecule has 1 aromatic heterocycles. The highest BCUT2D eigenvalue weighted by Gasteiger charge is 2.51. The third kappa shape index (κ3) is 4.31. The molecule has 2 amide bonds. The predicted molar refractivity (Wildman–Crippen MR) is 126 cm³/mol.